The molecule has 0 radical (unpaired) electrons. The molecule has 2 aliphatic heterocycles. The number of thiophene rings is 1. The lowest BCUT2D eigenvalue weighted by Gasteiger charge is -2.32. The lowest BCUT2D eigenvalue weighted by Crippen LogP contribution is -2.44. The minimum Gasteiger partial charge on any atom is -0.356 e. The number of nitrogens with one attached hydrogen (secondary N) is 1. The molecule has 1 aromatic heterocycles. The first-order chi connectivity index (χ1) is 11.3. The van der Waals surface area contributed by atoms with E-state index in [2.05, 4.69) is 48.2 Å². The molecule has 3 heterocycles. The van der Waals surface area contributed by atoms with Crippen LogP contribution in [0.2, 0.25) is 0 Å². The molecule has 1 aromatic rings. The molecule has 0 amide bonds. The van der Waals surface area contributed by atoms with Crippen LogP contribution in [-0.2, 0) is 6.42 Å². The summed E-state index contributed by atoms with van der Waals surface area (Å²) < 4.78 is 1.21. The molecule has 4 nitrogen and oxygen atoms in total. The maximum absolute atomic E-state index is 4.49. The third-order valence-electron chi connectivity index (χ3n) is 4.87. The topological polar surface area (TPSA) is 30.9 Å². The summed E-state index contributed by atoms with van der Waals surface area (Å²) in [7, 11) is 1.90. The third-order valence-corrected chi connectivity index (χ3v) is 6.55. The fourth-order valence-corrected chi connectivity index (χ4v) is 5.11. The summed E-state index contributed by atoms with van der Waals surface area (Å²) in [6.07, 6.45) is 6.49. The molecule has 2 aliphatic rings. The van der Waals surface area contributed by atoms with Crippen molar-refractivity contribution in [3.8, 4) is 0 Å². The van der Waals surface area contributed by atoms with Crippen LogP contribution in [0.5, 0.6) is 0 Å². The van der Waals surface area contributed by atoms with Crippen LogP contribution in [-0.4, -0.2) is 61.6 Å². The van der Waals surface area contributed by atoms with E-state index < -0.39 is 0 Å². The van der Waals surface area contributed by atoms with Gasteiger partial charge in [0, 0.05) is 37.6 Å². The minimum absolute atomic E-state index is 0. The van der Waals surface area contributed by atoms with Gasteiger partial charge in [-0.25, -0.2) is 0 Å². The van der Waals surface area contributed by atoms with Crippen LogP contribution in [0.25, 0.3) is 0 Å². The SMILES string of the molecule is CN=C(NCCc1ccc(Br)s1)N1CCC(N2CCCCC2)C1.I. The summed E-state index contributed by atoms with van der Waals surface area (Å²) in [4.78, 5) is 11.0. The van der Waals surface area contributed by atoms with Gasteiger partial charge in [-0.05, 0) is 66.8 Å². The zero-order chi connectivity index (χ0) is 16.1. The molecule has 2 fully saturated rings. The van der Waals surface area contributed by atoms with Gasteiger partial charge in [0.2, 0.25) is 0 Å². The second-order valence-corrected chi connectivity index (χ2v) is 8.96. The molecule has 24 heavy (non-hydrogen) atoms. The quantitative estimate of drug-likeness (QED) is 0.367. The summed E-state index contributed by atoms with van der Waals surface area (Å²) in [5, 5.41) is 3.54. The maximum Gasteiger partial charge on any atom is 0.193 e. The molecule has 1 N–H and O–H groups in total. The molecule has 2 saturated heterocycles. The molecule has 0 bridgehead atoms. The zero-order valence-corrected chi connectivity index (χ0v) is 19.1. The largest absolute Gasteiger partial charge is 0.356 e. The zero-order valence-electron chi connectivity index (χ0n) is 14.3. The fourth-order valence-electron chi connectivity index (χ4n) is 3.63. The lowest BCUT2D eigenvalue weighted by atomic mass is 10.1. The monoisotopic (exact) mass is 526 g/mol. The predicted octanol–water partition coefficient (Wildman–Crippen LogP) is 3.81. The highest BCUT2D eigenvalue weighted by atomic mass is 127. The first kappa shape index (κ1) is 20.5. The number of halogens is 2. The summed E-state index contributed by atoms with van der Waals surface area (Å²) in [5.74, 6) is 1.07. The van der Waals surface area contributed by atoms with E-state index in [1.54, 1.807) is 0 Å². The van der Waals surface area contributed by atoms with Crippen LogP contribution >= 0.6 is 51.2 Å². The molecular formula is C17H28BrIN4S. The molecule has 3 rings (SSSR count). The van der Waals surface area contributed by atoms with Gasteiger partial charge >= 0.3 is 0 Å². The van der Waals surface area contributed by atoms with Crippen LogP contribution in [0, 0.1) is 0 Å². The molecule has 7 heteroatoms. The summed E-state index contributed by atoms with van der Waals surface area (Å²) >= 11 is 5.34. The Kier molecular flexibility index (Phi) is 8.80. The molecule has 0 spiro atoms. The van der Waals surface area contributed by atoms with Crippen molar-refractivity contribution in [3.63, 3.8) is 0 Å². The first-order valence-electron chi connectivity index (χ1n) is 8.70. The van der Waals surface area contributed by atoms with Gasteiger partial charge in [0.1, 0.15) is 0 Å². The van der Waals surface area contributed by atoms with E-state index in [0.29, 0.717) is 0 Å². The number of nitrogens with zero attached hydrogens (tertiary/aromatic N) is 3. The fraction of sp³-hybridized carbons (Fsp3) is 0.706. The van der Waals surface area contributed by atoms with E-state index in [9.17, 15) is 0 Å². The van der Waals surface area contributed by atoms with Crippen molar-refractivity contribution in [2.24, 2.45) is 4.99 Å². The highest BCUT2D eigenvalue weighted by Gasteiger charge is 2.29. The maximum atomic E-state index is 4.49. The van der Waals surface area contributed by atoms with Crippen molar-refractivity contribution >= 4 is 57.2 Å². The van der Waals surface area contributed by atoms with Gasteiger partial charge in [-0.1, -0.05) is 6.42 Å². The molecule has 1 unspecified atom stereocenters. The van der Waals surface area contributed by atoms with E-state index in [4.69, 9.17) is 0 Å². The average molecular weight is 527 g/mol. The van der Waals surface area contributed by atoms with Gasteiger partial charge in [0.25, 0.3) is 0 Å². The van der Waals surface area contributed by atoms with E-state index in [1.165, 1.54) is 47.4 Å². The molecular weight excluding hydrogens is 499 g/mol. The van der Waals surface area contributed by atoms with Crippen LogP contribution in [0.3, 0.4) is 0 Å². The Hall–Kier alpha value is 0.140. The Morgan fingerprint density at radius 2 is 2.08 bits per heavy atom. The third kappa shape index (κ3) is 5.57. The second kappa shape index (κ2) is 10.3. The van der Waals surface area contributed by atoms with Crippen molar-refractivity contribution in [1.29, 1.82) is 0 Å². The normalized spacial score (nSPS) is 22.5. The van der Waals surface area contributed by atoms with Crippen molar-refractivity contribution in [2.45, 2.75) is 38.1 Å². The molecule has 0 aromatic carbocycles. The second-order valence-electron chi connectivity index (χ2n) is 6.41. The number of hydrogen-bond acceptors (Lipinski definition) is 3. The molecule has 0 saturated carbocycles. The number of likely N-dealkylation sites (tertiary alicyclic amines) is 2. The standard InChI is InChI=1S/C17H27BrN4S.HI/c1-19-17(20-9-7-15-5-6-16(18)23-15)22-12-8-14(13-22)21-10-3-2-4-11-21;/h5-6,14H,2-4,7-13H2,1H3,(H,19,20);1H. The number of aliphatic imine (C=N–C) groups is 1. The van der Waals surface area contributed by atoms with Crippen LogP contribution in [0.1, 0.15) is 30.6 Å². The smallest absolute Gasteiger partial charge is 0.193 e. The summed E-state index contributed by atoms with van der Waals surface area (Å²) in [6, 6.07) is 5.04. The Labute approximate surface area is 175 Å². The number of piperidine rings is 1. The van der Waals surface area contributed by atoms with E-state index in [-0.39, 0.29) is 24.0 Å². The Balaban J connectivity index is 0.00000208. The predicted molar refractivity (Wildman–Crippen MR) is 118 cm³/mol. The summed E-state index contributed by atoms with van der Waals surface area (Å²) in [6.45, 7) is 5.79. The van der Waals surface area contributed by atoms with Crippen molar-refractivity contribution in [1.82, 2.24) is 15.1 Å². The van der Waals surface area contributed by atoms with Gasteiger partial charge < -0.3 is 10.2 Å². The Morgan fingerprint density at radius 1 is 1.29 bits per heavy atom. The Morgan fingerprint density at radius 3 is 2.75 bits per heavy atom. The summed E-state index contributed by atoms with van der Waals surface area (Å²) in [5.41, 5.74) is 0. The van der Waals surface area contributed by atoms with Crippen molar-refractivity contribution in [2.75, 3.05) is 39.8 Å². The van der Waals surface area contributed by atoms with Gasteiger partial charge in [-0.2, -0.15) is 0 Å². The highest BCUT2D eigenvalue weighted by Crippen LogP contribution is 2.22. The van der Waals surface area contributed by atoms with Gasteiger partial charge in [0.15, 0.2) is 5.96 Å². The number of hydrogen-bond donors (Lipinski definition) is 1. The molecule has 136 valence electrons. The molecule has 1 atom stereocenters. The van der Waals surface area contributed by atoms with E-state index in [1.807, 2.05) is 18.4 Å². The van der Waals surface area contributed by atoms with E-state index >= 15 is 0 Å². The lowest BCUT2D eigenvalue weighted by molar-refractivity contribution is 0.168. The molecule has 0 aliphatic carbocycles. The Bertz CT molecular complexity index is 530. The number of guanidine groups is 1. The van der Waals surface area contributed by atoms with Crippen LogP contribution in [0.4, 0.5) is 0 Å². The van der Waals surface area contributed by atoms with Crippen LogP contribution in [0.15, 0.2) is 20.9 Å². The van der Waals surface area contributed by atoms with Crippen LogP contribution < -0.4 is 5.32 Å². The minimum atomic E-state index is 0. The number of rotatable bonds is 4. The van der Waals surface area contributed by atoms with Gasteiger partial charge in [0.05, 0.1) is 3.79 Å². The van der Waals surface area contributed by atoms with Crippen molar-refractivity contribution < 1.29 is 0 Å². The van der Waals surface area contributed by atoms with Gasteiger partial charge in [-0.15, -0.1) is 35.3 Å². The van der Waals surface area contributed by atoms with E-state index in [0.717, 1.165) is 38.1 Å². The first-order valence-corrected chi connectivity index (χ1v) is 10.3. The van der Waals surface area contributed by atoms with Gasteiger partial charge in [-0.3, -0.25) is 9.89 Å². The average Bonchev–Trinajstić information content (AvgIpc) is 3.22. The highest BCUT2D eigenvalue weighted by molar-refractivity contribution is 14.0. The van der Waals surface area contributed by atoms with Crippen molar-refractivity contribution in [3.05, 3.63) is 20.8 Å².